The number of phenolic OH excluding ortho intramolecular Hbond substituents is 1. The maximum atomic E-state index is 13.3. The third-order valence-corrected chi connectivity index (χ3v) is 6.74. The smallest absolute Gasteiger partial charge is 0.267 e. The number of thioether (sulfide) groups is 1. The molecular formula is C30H25N3O5S. The Kier molecular flexibility index (Phi) is 8.09. The van der Waals surface area contributed by atoms with E-state index in [1.165, 1.54) is 29.8 Å². The van der Waals surface area contributed by atoms with Crippen LogP contribution in [0.3, 0.4) is 0 Å². The van der Waals surface area contributed by atoms with Crippen LogP contribution >= 0.6 is 11.8 Å². The van der Waals surface area contributed by atoms with Crippen molar-refractivity contribution in [1.29, 1.82) is 0 Å². The normalized spacial score (nSPS) is 15.5. The molecule has 0 aliphatic carbocycles. The number of hydrogen-bond donors (Lipinski definition) is 1. The summed E-state index contributed by atoms with van der Waals surface area (Å²) in [4.78, 5) is 15.3. The van der Waals surface area contributed by atoms with Crippen LogP contribution in [-0.2, 0) is 17.9 Å². The lowest BCUT2D eigenvalue weighted by Crippen LogP contribution is -2.28. The van der Waals surface area contributed by atoms with Crippen LogP contribution in [0.2, 0.25) is 0 Å². The second-order valence-corrected chi connectivity index (χ2v) is 9.50. The van der Waals surface area contributed by atoms with E-state index in [2.05, 4.69) is 10.2 Å². The van der Waals surface area contributed by atoms with Crippen LogP contribution in [0.15, 0.2) is 111 Å². The van der Waals surface area contributed by atoms with E-state index in [4.69, 9.17) is 13.9 Å². The Hall–Kier alpha value is -4.76. The fourth-order valence-electron chi connectivity index (χ4n) is 3.79. The number of furan rings is 1. The molecule has 9 heteroatoms. The van der Waals surface area contributed by atoms with Crippen molar-refractivity contribution in [2.45, 2.75) is 13.2 Å². The van der Waals surface area contributed by atoms with Crippen LogP contribution in [0.5, 0.6) is 17.2 Å². The first kappa shape index (κ1) is 25.9. The standard InChI is InChI=1S/C30H25N3O5S/c1-36-27-16-22(12-13-26(27)34)17-28-29(35)33(19-25-11-6-14-37-25)30(39-28)32-31-18-23-9-5-10-24(15-23)38-20-21-7-3-2-4-8-21/h2-18,34H,19-20H2,1H3/b28-17-,31-18+,32-30-. The van der Waals surface area contributed by atoms with Crippen molar-refractivity contribution < 1.29 is 23.8 Å². The minimum absolute atomic E-state index is 0.0237. The Labute approximate surface area is 229 Å². The highest BCUT2D eigenvalue weighted by atomic mass is 32.2. The molecule has 5 rings (SSSR count). The Balaban J connectivity index is 1.35. The molecule has 8 nitrogen and oxygen atoms in total. The third-order valence-electron chi connectivity index (χ3n) is 5.74. The maximum Gasteiger partial charge on any atom is 0.267 e. The van der Waals surface area contributed by atoms with Gasteiger partial charge >= 0.3 is 0 Å². The molecule has 0 spiro atoms. The van der Waals surface area contributed by atoms with Crippen LogP contribution in [0.25, 0.3) is 6.08 Å². The van der Waals surface area contributed by atoms with Gasteiger partial charge in [0.2, 0.25) is 0 Å². The minimum atomic E-state index is -0.228. The summed E-state index contributed by atoms with van der Waals surface area (Å²) in [5.41, 5.74) is 2.59. The lowest BCUT2D eigenvalue weighted by atomic mass is 10.2. The number of hydrogen-bond acceptors (Lipinski definition) is 8. The SMILES string of the molecule is COc1cc(/C=C2\S/C(=N\N=C\c3cccc(OCc4ccccc4)c3)N(Cc3ccco3)C2=O)ccc1O. The van der Waals surface area contributed by atoms with Gasteiger partial charge in [-0.25, -0.2) is 0 Å². The van der Waals surface area contributed by atoms with Crippen LogP contribution < -0.4 is 9.47 Å². The topological polar surface area (TPSA) is 96.9 Å². The molecule has 0 atom stereocenters. The zero-order valence-corrected chi connectivity index (χ0v) is 21.9. The molecule has 1 amide bonds. The Bertz CT molecular complexity index is 1530. The maximum absolute atomic E-state index is 13.3. The lowest BCUT2D eigenvalue weighted by Gasteiger charge is -2.12. The fraction of sp³-hybridized carbons (Fsp3) is 0.100. The molecule has 1 aliphatic rings. The van der Waals surface area contributed by atoms with E-state index in [1.807, 2.05) is 54.6 Å². The number of phenols is 1. The van der Waals surface area contributed by atoms with Crippen molar-refractivity contribution in [1.82, 2.24) is 4.90 Å². The van der Waals surface area contributed by atoms with Crippen molar-refractivity contribution >= 4 is 35.1 Å². The number of aromatic hydroxyl groups is 1. The molecule has 1 fully saturated rings. The molecule has 0 saturated carbocycles. The highest BCUT2D eigenvalue weighted by Gasteiger charge is 2.34. The summed E-state index contributed by atoms with van der Waals surface area (Å²) in [6.07, 6.45) is 4.90. The Morgan fingerprint density at radius 1 is 1.00 bits per heavy atom. The largest absolute Gasteiger partial charge is 0.504 e. The molecule has 0 bridgehead atoms. The third kappa shape index (κ3) is 6.58. The predicted molar refractivity (Wildman–Crippen MR) is 152 cm³/mol. The number of methoxy groups -OCH3 is 1. The number of carbonyl (C=O) groups is 1. The number of carbonyl (C=O) groups excluding carboxylic acids is 1. The number of ether oxygens (including phenoxy) is 2. The highest BCUT2D eigenvalue weighted by molar-refractivity contribution is 8.18. The fourth-order valence-corrected chi connectivity index (χ4v) is 4.72. The van der Waals surface area contributed by atoms with Gasteiger partial charge in [-0.1, -0.05) is 48.5 Å². The summed E-state index contributed by atoms with van der Waals surface area (Å²) in [6.45, 7) is 0.679. The van der Waals surface area contributed by atoms with E-state index < -0.39 is 0 Å². The first-order chi connectivity index (χ1) is 19.1. The molecule has 1 aliphatic heterocycles. The molecule has 39 heavy (non-hydrogen) atoms. The van der Waals surface area contributed by atoms with Crippen molar-refractivity contribution in [2.24, 2.45) is 10.2 Å². The lowest BCUT2D eigenvalue weighted by molar-refractivity contribution is -0.122. The summed E-state index contributed by atoms with van der Waals surface area (Å²) < 4.78 is 16.5. The molecule has 2 heterocycles. The molecule has 3 aromatic carbocycles. The number of amidine groups is 1. The zero-order valence-electron chi connectivity index (χ0n) is 21.1. The summed E-state index contributed by atoms with van der Waals surface area (Å²) in [5, 5.41) is 18.9. The van der Waals surface area contributed by atoms with E-state index >= 15 is 0 Å². The zero-order chi connectivity index (χ0) is 27.0. The van der Waals surface area contributed by atoms with Crippen LogP contribution in [0.1, 0.15) is 22.5 Å². The quantitative estimate of drug-likeness (QED) is 0.157. The molecular weight excluding hydrogens is 514 g/mol. The number of amides is 1. The summed E-state index contributed by atoms with van der Waals surface area (Å²) in [5.74, 6) is 1.45. The predicted octanol–water partition coefficient (Wildman–Crippen LogP) is 6.08. The average Bonchev–Trinajstić information content (AvgIpc) is 3.58. The van der Waals surface area contributed by atoms with E-state index in [0.717, 1.165) is 16.9 Å². The molecule has 4 aromatic rings. The second-order valence-electron chi connectivity index (χ2n) is 8.49. The molecule has 1 saturated heterocycles. The van der Waals surface area contributed by atoms with Gasteiger partial charge in [0.1, 0.15) is 18.1 Å². The Morgan fingerprint density at radius 2 is 1.87 bits per heavy atom. The Morgan fingerprint density at radius 3 is 2.67 bits per heavy atom. The van der Waals surface area contributed by atoms with Crippen LogP contribution in [0.4, 0.5) is 0 Å². The number of benzene rings is 3. The van der Waals surface area contributed by atoms with Crippen LogP contribution in [0, 0.1) is 0 Å². The van der Waals surface area contributed by atoms with Crippen molar-refractivity contribution in [3.05, 3.63) is 119 Å². The van der Waals surface area contributed by atoms with E-state index in [0.29, 0.717) is 33.8 Å². The number of rotatable bonds is 9. The molecule has 0 unspecified atom stereocenters. The van der Waals surface area contributed by atoms with Gasteiger partial charge in [0.25, 0.3) is 5.91 Å². The first-order valence-corrected chi connectivity index (χ1v) is 12.9. The van der Waals surface area contributed by atoms with Crippen molar-refractivity contribution in [2.75, 3.05) is 7.11 Å². The minimum Gasteiger partial charge on any atom is -0.504 e. The van der Waals surface area contributed by atoms with Gasteiger partial charge in [-0.05, 0) is 70.9 Å². The molecule has 1 aromatic heterocycles. The van der Waals surface area contributed by atoms with Gasteiger partial charge in [-0.15, -0.1) is 5.10 Å². The first-order valence-electron chi connectivity index (χ1n) is 12.1. The second kappa shape index (κ2) is 12.2. The molecule has 1 N–H and O–H groups in total. The van der Waals surface area contributed by atoms with Crippen molar-refractivity contribution in [3.63, 3.8) is 0 Å². The monoisotopic (exact) mass is 539 g/mol. The van der Waals surface area contributed by atoms with Gasteiger partial charge in [0, 0.05) is 0 Å². The number of nitrogens with zero attached hydrogens (tertiary/aromatic N) is 3. The van der Waals surface area contributed by atoms with Gasteiger partial charge in [-0.2, -0.15) is 5.10 Å². The molecule has 0 radical (unpaired) electrons. The van der Waals surface area contributed by atoms with Gasteiger partial charge in [0.15, 0.2) is 16.7 Å². The van der Waals surface area contributed by atoms with E-state index in [-0.39, 0.29) is 18.2 Å². The van der Waals surface area contributed by atoms with Gasteiger partial charge in [-0.3, -0.25) is 9.69 Å². The highest BCUT2D eigenvalue weighted by Crippen LogP contribution is 2.35. The van der Waals surface area contributed by atoms with Crippen LogP contribution in [-0.4, -0.2) is 34.4 Å². The summed E-state index contributed by atoms with van der Waals surface area (Å²) >= 11 is 1.21. The molecule has 196 valence electrons. The average molecular weight is 540 g/mol. The summed E-state index contributed by atoms with van der Waals surface area (Å²) in [6, 6.07) is 25.9. The van der Waals surface area contributed by atoms with E-state index in [9.17, 15) is 9.90 Å². The van der Waals surface area contributed by atoms with Crippen molar-refractivity contribution in [3.8, 4) is 17.2 Å². The van der Waals surface area contributed by atoms with Gasteiger partial charge in [0.05, 0.1) is 31.0 Å². The van der Waals surface area contributed by atoms with E-state index in [1.54, 1.807) is 42.8 Å². The van der Waals surface area contributed by atoms with Gasteiger partial charge < -0.3 is 19.0 Å². The summed E-state index contributed by atoms with van der Waals surface area (Å²) in [7, 11) is 1.47.